The molecule has 0 spiro atoms. The highest BCUT2D eigenvalue weighted by atomic mass is 32.2. The number of aryl methyl sites for hydroxylation is 1. The van der Waals surface area contributed by atoms with Crippen molar-refractivity contribution in [3.05, 3.63) is 60.0 Å². The van der Waals surface area contributed by atoms with Crippen LogP contribution in [-0.4, -0.2) is 38.2 Å². The van der Waals surface area contributed by atoms with E-state index in [2.05, 4.69) is 14.9 Å². The summed E-state index contributed by atoms with van der Waals surface area (Å²) in [7, 11) is -2.11. The Morgan fingerprint density at radius 2 is 1.80 bits per heavy atom. The molecule has 0 amide bonds. The second kappa shape index (κ2) is 9.51. The largest absolute Gasteiger partial charge is 0.497 e. The molecule has 0 saturated heterocycles. The zero-order valence-corrected chi connectivity index (χ0v) is 17.3. The minimum atomic E-state index is -3.68. The third-order valence-corrected chi connectivity index (χ3v) is 5.60. The van der Waals surface area contributed by atoms with Crippen LogP contribution in [0.4, 0.5) is 0 Å². The fraction of sp³-hybridized carbons (Fsp3) is 0.250. The Morgan fingerprint density at radius 3 is 2.47 bits per heavy atom. The number of carbonyl (C=O) groups excluding carboxylic acids is 1. The molecule has 0 aliphatic heterocycles. The number of rotatable bonds is 9. The molecule has 3 rings (SSSR count). The van der Waals surface area contributed by atoms with Crippen molar-refractivity contribution in [1.82, 2.24) is 14.9 Å². The van der Waals surface area contributed by atoms with Crippen LogP contribution < -0.4 is 9.46 Å². The van der Waals surface area contributed by atoms with Crippen molar-refractivity contribution >= 4 is 16.0 Å². The van der Waals surface area contributed by atoms with Gasteiger partial charge in [0.1, 0.15) is 5.75 Å². The molecule has 9 nitrogen and oxygen atoms in total. The molecule has 2 aromatic carbocycles. The number of benzene rings is 2. The third kappa shape index (κ3) is 5.65. The fourth-order valence-corrected chi connectivity index (χ4v) is 3.51. The topological polar surface area (TPSA) is 121 Å². The summed E-state index contributed by atoms with van der Waals surface area (Å²) < 4.78 is 41.9. The Hall–Kier alpha value is -3.24. The molecule has 0 aliphatic carbocycles. The van der Waals surface area contributed by atoms with Crippen LogP contribution in [-0.2, 0) is 26.2 Å². The van der Waals surface area contributed by atoms with Gasteiger partial charge in [-0.3, -0.25) is 4.79 Å². The number of methoxy groups -OCH3 is 1. The first-order chi connectivity index (χ1) is 14.4. The number of ether oxygens (including phenoxy) is 2. The van der Waals surface area contributed by atoms with Crippen molar-refractivity contribution in [2.75, 3.05) is 13.7 Å². The second-order valence-electron chi connectivity index (χ2n) is 6.36. The van der Waals surface area contributed by atoms with Gasteiger partial charge in [0.25, 0.3) is 5.89 Å². The van der Waals surface area contributed by atoms with Crippen LogP contribution in [0.3, 0.4) is 0 Å². The molecule has 10 heteroatoms. The number of nitrogens with one attached hydrogen (secondary N) is 1. The van der Waals surface area contributed by atoms with Crippen LogP contribution in [0.15, 0.2) is 57.9 Å². The van der Waals surface area contributed by atoms with Crippen LogP contribution >= 0.6 is 0 Å². The zero-order chi connectivity index (χ0) is 21.6. The number of aromatic nitrogens is 2. The second-order valence-corrected chi connectivity index (χ2v) is 8.13. The average molecular weight is 431 g/mol. The van der Waals surface area contributed by atoms with Gasteiger partial charge >= 0.3 is 5.97 Å². The summed E-state index contributed by atoms with van der Waals surface area (Å²) in [6.45, 7) is 1.58. The molecule has 3 aromatic rings. The van der Waals surface area contributed by atoms with E-state index < -0.39 is 16.0 Å². The van der Waals surface area contributed by atoms with E-state index in [0.29, 0.717) is 11.6 Å². The lowest BCUT2D eigenvalue weighted by Gasteiger charge is -2.07. The van der Waals surface area contributed by atoms with Crippen molar-refractivity contribution in [3.8, 4) is 17.1 Å². The van der Waals surface area contributed by atoms with Crippen molar-refractivity contribution in [2.24, 2.45) is 0 Å². The van der Waals surface area contributed by atoms with Crippen molar-refractivity contribution < 1.29 is 27.2 Å². The quantitative estimate of drug-likeness (QED) is 0.513. The monoisotopic (exact) mass is 431 g/mol. The molecule has 158 valence electrons. The first kappa shape index (κ1) is 21.5. The summed E-state index contributed by atoms with van der Waals surface area (Å²) in [6, 6.07) is 13.5. The number of sulfonamides is 1. The molecule has 0 aliphatic rings. The summed E-state index contributed by atoms with van der Waals surface area (Å²) in [6.07, 6.45) is -0.134. The number of hydrogen-bond acceptors (Lipinski definition) is 8. The van der Waals surface area contributed by atoms with Gasteiger partial charge < -0.3 is 14.0 Å². The molecular weight excluding hydrogens is 410 g/mol. The molecule has 0 atom stereocenters. The molecule has 0 radical (unpaired) electrons. The lowest BCUT2D eigenvalue weighted by molar-refractivity contribution is -0.145. The van der Waals surface area contributed by atoms with Gasteiger partial charge in [-0.1, -0.05) is 22.9 Å². The Bertz CT molecular complexity index is 1090. The number of carbonyl (C=O) groups is 1. The van der Waals surface area contributed by atoms with Gasteiger partial charge in [-0.25, -0.2) is 13.1 Å². The molecule has 1 aromatic heterocycles. The summed E-state index contributed by atoms with van der Waals surface area (Å²) in [5.41, 5.74) is 1.68. The minimum absolute atomic E-state index is 0.0873. The smallest absolute Gasteiger partial charge is 0.307 e. The number of hydrogen-bond donors (Lipinski definition) is 1. The van der Waals surface area contributed by atoms with Gasteiger partial charge in [0.2, 0.25) is 15.8 Å². The SMILES string of the molecule is COc1ccc(-c2noc(COC(=O)CCNS(=O)(=O)c3ccc(C)cc3)n2)cc1. The summed E-state index contributed by atoms with van der Waals surface area (Å²) >= 11 is 0. The average Bonchev–Trinajstić information content (AvgIpc) is 3.21. The van der Waals surface area contributed by atoms with E-state index in [1.165, 1.54) is 12.1 Å². The van der Waals surface area contributed by atoms with E-state index in [1.807, 2.05) is 6.92 Å². The van der Waals surface area contributed by atoms with E-state index in [-0.39, 0.29) is 30.4 Å². The van der Waals surface area contributed by atoms with Crippen molar-refractivity contribution in [1.29, 1.82) is 0 Å². The van der Waals surface area contributed by atoms with Gasteiger partial charge in [0, 0.05) is 12.1 Å². The maximum atomic E-state index is 12.2. The van der Waals surface area contributed by atoms with Crippen LogP contribution in [0.5, 0.6) is 5.75 Å². The lowest BCUT2D eigenvalue weighted by Crippen LogP contribution is -2.26. The molecule has 30 heavy (non-hydrogen) atoms. The van der Waals surface area contributed by atoms with E-state index in [4.69, 9.17) is 14.0 Å². The minimum Gasteiger partial charge on any atom is -0.497 e. The van der Waals surface area contributed by atoms with Crippen LogP contribution in [0.1, 0.15) is 17.9 Å². The molecule has 0 unspecified atom stereocenters. The van der Waals surface area contributed by atoms with E-state index >= 15 is 0 Å². The molecule has 0 saturated carbocycles. The molecule has 0 bridgehead atoms. The maximum absolute atomic E-state index is 12.2. The van der Waals surface area contributed by atoms with Crippen LogP contribution in [0.2, 0.25) is 0 Å². The van der Waals surface area contributed by atoms with Gasteiger partial charge in [0.05, 0.1) is 18.4 Å². The normalized spacial score (nSPS) is 11.3. The first-order valence-electron chi connectivity index (χ1n) is 9.06. The number of esters is 1. The Kier molecular flexibility index (Phi) is 6.80. The summed E-state index contributed by atoms with van der Waals surface area (Å²) in [5, 5.41) is 3.84. The van der Waals surface area contributed by atoms with E-state index in [1.54, 1.807) is 43.5 Å². The van der Waals surface area contributed by atoms with Crippen molar-refractivity contribution in [2.45, 2.75) is 24.8 Å². The predicted molar refractivity (Wildman–Crippen MR) is 107 cm³/mol. The highest BCUT2D eigenvalue weighted by Crippen LogP contribution is 2.19. The Labute approximate surface area is 174 Å². The van der Waals surface area contributed by atoms with Crippen LogP contribution in [0.25, 0.3) is 11.4 Å². The predicted octanol–water partition coefficient (Wildman–Crippen LogP) is 2.47. The summed E-state index contributed by atoms with van der Waals surface area (Å²) in [5.74, 6) is 0.601. The van der Waals surface area contributed by atoms with Gasteiger partial charge in [0.15, 0.2) is 6.61 Å². The molecule has 1 heterocycles. The maximum Gasteiger partial charge on any atom is 0.307 e. The standard InChI is InChI=1S/C20H21N3O6S/c1-14-3-9-17(10-4-14)30(25,26)21-12-11-19(24)28-13-18-22-20(23-29-18)15-5-7-16(27-2)8-6-15/h3-10,21H,11-13H2,1-2H3. The summed E-state index contributed by atoms with van der Waals surface area (Å²) in [4.78, 5) is 16.2. The molecular formula is C20H21N3O6S. The number of nitrogens with zero attached hydrogens (tertiary/aromatic N) is 2. The van der Waals surface area contributed by atoms with Crippen molar-refractivity contribution in [3.63, 3.8) is 0 Å². The molecule has 0 fully saturated rings. The Morgan fingerprint density at radius 1 is 1.10 bits per heavy atom. The lowest BCUT2D eigenvalue weighted by atomic mass is 10.2. The van der Waals surface area contributed by atoms with E-state index in [0.717, 1.165) is 11.1 Å². The van der Waals surface area contributed by atoms with E-state index in [9.17, 15) is 13.2 Å². The third-order valence-electron chi connectivity index (χ3n) is 4.13. The zero-order valence-electron chi connectivity index (χ0n) is 16.5. The van der Waals surface area contributed by atoms with Gasteiger partial charge in [-0.05, 0) is 43.3 Å². The van der Waals surface area contributed by atoms with Gasteiger partial charge in [-0.15, -0.1) is 0 Å². The fourth-order valence-electron chi connectivity index (χ4n) is 2.47. The van der Waals surface area contributed by atoms with Crippen LogP contribution in [0, 0.1) is 6.92 Å². The first-order valence-corrected chi connectivity index (χ1v) is 10.5. The highest BCUT2D eigenvalue weighted by molar-refractivity contribution is 7.89. The van der Waals surface area contributed by atoms with Gasteiger partial charge in [-0.2, -0.15) is 4.98 Å². The molecule has 1 N–H and O–H groups in total. The highest BCUT2D eigenvalue weighted by Gasteiger charge is 2.15. The Balaban J connectivity index is 1.45.